The van der Waals surface area contributed by atoms with E-state index in [4.69, 9.17) is 0 Å². The number of piperazine rings is 1. The van der Waals surface area contributed by atoms with Crippen molar-refractivity contribution in [1.29, 1.82) is 0 Å². The maximum atomic E-state index is 12.6. The predicted octanol–water partition coefficient (Wildman–Crippen LogP) is 1.03. The molecule has 1 unspecified atom stereocenters. The Balaban J connectivity index is 1.58. The normalized spacial score (nSPS) is 26.1. The Kier molecular flexibility index (Phi) is 3.99. The van der Waals surface area contributed by atoms with Gasteiger partial charge in [0.15, 0.2) is 0 Å². The molecule has 2 amide bonds. The first-order valence-electron chi connectivity index (χ1n) is 7.43. The summed E-state index contributed by atoms with van der Waals surface area (Å²) in [4.78, 5) is 29.4. The molecule has 21 heavy (non-hydrogen) atoms. The fourth-order valence-corrected chi connectivity index (χ4v) is 3.74. The lowest BCUT2D eigenvalue weighted by molar-refractivity contribution is -0.141. The van der Waals surface area contributed by atoms with E-state index < -0.39 is 0 Å². The molecule has 2 saturated heterocycles. The highest BCUT2D eigenvalue weighted by Gasteiger charge is 2.40. The second-order valence-corrected chi connectivity index (χ2v) is 7.00. The third-order valence-corrected chi connectivity index (χ3v) is 5.33. The van der Waals surface area contributed by atoms with Gasteiger partial charge < -0.3 is 15.1 Å². The summed E-state index contributed by atoms with van der Waals surface area (Å²) < 4.78 is 0. The van der Waals surface area contributed by atoms with E-state index in [0.29, 0.717) is 26.2 Å². The Morgan fingerprint density at radius 2 is 1.95 bits per heavy atom. The fraction of sp³-hybridized carbons (Fsp3) is 0.600. The van der Waals surface area contributed by atoms with Crippen LogP contribution in [0.3, 0.4) is 0 Å². The zero-order valence-corrected chi connectivity index (χ0v) is 13.1. The van der Waals surface area contributed by atoms with Gasteiger partial charge in [-0.3, -0.25) is 9.59 Å². The van der Waals surface area contributed by atoms with Gasteiger partial charge in [0, 0.05) is 32.7 Å². The Bertz CT molecular complexity index is 515. The maximum Gasteiger partial charge on any atom is 0.264 e. The lowest BCUT2D eigenvalue weighted by Gasteiger charge is -2.38. The molecule has 1 N–H and O–H groups in total. The highest BCUT2D eigenvalue weighted by atomic mass is 32.1. The van der Waals surface area contributed by atoms with Gasteiger partial charge in [0.1, 0.15) is 0 Å². The van der Waals surface area contributed by atoms with E-state index in [9.17, 15) is 9.59 Å². The Hall–Kier alpha value is -1.40. The van der Waals surface area contributed by atoms with Crippen LogP contribution in [0.1, 0.15) is 23.0 Å². The van der Waals surface area contributed by atoms with Crippen LogP contribution < -0.4 is 5.32 Å². The van der Waals surface area contributed by atoms with Crippen LogP contribution in [-0.4, -0.2) is 60.9 Å². The summed E-state index contributed by atoms with van der Waals surface area (Å²) in [5, 5.41) is 5.19. The minimum absolute atomic E-state index is 0.0887. The highest BCUT2D eigenvalue weighted by Crippen LogP contribution is 2.27. The van der Waals surface area contributed by atoms with Crippen LogP contribution in [0.5, 0.6) is 0 Å². The molecule has 0 radical (unpaired) electrons. The first kappa shape index (κ1) is 14.5. The van der Waals surface area contributed by atoms with Crippen molar-refractivity contribution in [1.82, 2.24) is 15.1 Å². The van der Waals surface area contributed by atoms with Crippen LogP contribution in [0, 0.1) is 5.41 Å². The molecule has 3 heterocycles. The molecule has 3 rings (SSSR count). The molecule has 2 fully saturated rings. The highest BCUT2D eigenvalue weighted by molar-refractivity contribution is 7.12. The van der Waals surface area contributed by atoms with Crippen molar-refractivity contribution in [3.63, 3.8) is 0 Å². The van der Waals surface area contributed by atoms with E-state index in [0.717, 1.165) is 24.4 Å². The zero-order chi connectivity index (χ0) is 14.9. The van der Waals surface area contributed by atoms with Crippen LogP contribution in [0.2, 0.25) is 0 Å². The summed E-state index contributed by atoms with van der Waals surface area (Å²) in [7, 11) is 0. The van der Waals surface area contributed by atoms with E-state index in [1.54, 1.807) is 0 Å². The minimum Gasteiger partial charge on any atom is -0.339 e. The fourth-order valence-electron chi connectivity index (χ4n) is 3.05. The van der Waals surface area contributed by atoms with E-state index in [-0.39, 0.29) is 17.2 Å². The summed E-state index contributed by atoms with van der Waals surface area (Å²) in [6.45, 7) is 6.27. The van der Waals surface area contributed by atoms with Crippen LogP contribution in [-0.2, 0) is 4.79 Å². The average molecular weight is 307 g/mol. The van der Waals surface area contributed by atoms with E-state index in [2.05, 4.69) is 5.32 Å². The SMILES string of the molecule is CC1(C(=O)N2CCN(C(=O)c3cccs3)CC2)CCNC1. The van der Waals surface area contributed by atoms with Gasteiger partial charge in [-0.1, -0.05) is 6.07 Å². The largest absolute Gasteiger partial charge is 0.339 e. The minimum atomic E-state index is -0.264. The van der Waals surface area contributed by atoms with Crippen molar-refractivity contribution < 1.29 is 9.59 Å². The van der Waals surface area contributed by atoms with Crippen LogP contribution >= 0.6 is 11.3 Å². The second kappa shape index (κ2) is 5.77. The standard InChI is InChI=1S/C15H21N3O2S/c1-15(4-5-16-11-15)14(20)18-8-6-17(7-9-18)13(19)12-3-2-10-21-12/h2-3,10,16H,4-9,11H2,1H3. The summed E-state index contributed by atoms with van der Waals surface area (Å²) in [6, 6.07) is 3.75. The number of thiophene rings is 1. The number of nitrogens with zero attached hydrogens (tertiary/aromatic N) is 2. The van der Waals surface area contributed by atoms with Crippen LogP contribution in [0.4, 0.5) is 0 Å². The summed E-state index contributed by atoms with van der Waals surface area (Å²) >= 11 is 1.47. The topological polar surface area (TPSA) is 52.7 Å². The number of hydrogen-bond acceptors (Lipinski definition) is 4. The maximum absolute atomic E-state index is 12.6. The molecule has 1 aromatic rings. The van der Waals surface area contributed by atoms with Gasteiger partial charge >= 0.3 is 0 Å². The number of hydrogen-bond donors (Lipinski definition) is 1. The molecular formula is C15H21N3O2S. The van der Waals surface area contributed by atoms with Gasteiger partial charge in [-0.25, -0.2) is 0 Å². The van der Waals surface area contributed by atoms with Gasteiger partial charge in [-0.15, -0.1) is 11.3 Å². The predicted molar refractivity (Wildman–Crippen MR) is 82.4 cm³/mol. The van der Waals surface area contributed by atoms with Crippen molar-refractivity contribution >= 4 is 23.2 Å². The molecule has 0 saturated carbocycles. The molecule has 1 aromatic heterocycles. The van der Waals surface area contributed by atoms with E-state index in [1.807, 2.05) is 34.2 Å². The molecule has 0 aromatic carbocycles. The lowest BCUT2D eigenvalue weighted by Crippen LogP contribution is -2.54. The third-order valence-electron chi connectivity index (χ3n) is 4.47. The molecule has 6 heteroatoms. The van der Waals surface area contributed by atoms with Gasteiger partial charge in [0.25, 0.3) is 5.91 Å². The molecular weight excluding hydrogens is 286 g/mol. The van der Waals surface area contributed by atoms with Gasteiger partial charge in [0.05, 0.1) is 10.3 Å². The molecule has 114 valence electrons. The molecule has 0 aliphatic carbocycles. The Labute approximate surface area is 128 Å². The number of carbonyl (C=O) groups excluding carboxylic acids is 2. The summed E-state index contributed by atoms with van der Waals surface area (Å²) in [5.74, 6) is 0.321. The third kappa shape index (κ3) is 2.82. The quantitative estimate of drug-likeness (QED) is 0.888. The molecule has 2 aliphatic heterocycles. The van der Waals surface area contributed by atoms with Gasteiger partial charge in [-0.05, 0) is 31.3 Å². The van der Waals surface area contributed by atoms with Gasteiger partial charge in [-0.2, -0.15) is 0 Å². The lowest BCUT2D eigenvalue weighted by atomic mass is 9.88. The Morgan fingerprint density at radius 3 is 2.52 bits per heavy atom. The van der Waals surface area contributed by atoms with Crippen LogP contribution in [0.15, 0.2) is 17.5 Å². The zero-order valence-electron chi connectivity index (χ0n) is 12.3. The van der Waals surface area contributed by atoms with E-state index >= 15 is 0 Å². The first-order chi connectivity index (χ1) is 10.1. The number of nitrogens with one attached hydrogen (secondary N) is 1. The molecule has 0 spiro atoms. The molecule has 0 bridgehead atoms. The molecule has 1 atom stereocenters. The van der Waals surface area contributed by atoms with Crippen molar-refractivity contribution in [2.75, 3.05) is 39.3 Å². The summed E-state index contributed by atoms with van der Waals surface area (Å²) in [6.07, 6.45) is 0.903. The van der Waals surface area contributed by atoms with Gasteiger partial charge in [0.2, 0.25) is 5.91 Å². The van der Waals surface area contributed by atoms with Crippen molar-refractivity contribution in [2.45, 2.75) is 13.3 Å². The molecule has 2 aliphatic rings. The second-order valence-electron chi connectivity index (χ2n) is 6.05. The average Bonchev–Trinajstić information content (AvgIpc) is 3.18. The molecule has 5 nitrogen and oxygen atoms in total. The first-order valence-corrected chi connectivity index (χ1v) is 8.31. The summed E-state index contributed by atoms with van der Waals surface area (Å²) in [5.41, 5.74) is -0.264. The Morgan fingerprint density at radius 1 is 1.24 bits per heavy atom. The van der Waals surface area contributed by atoms with Crippen LogP contribution in [0.25, 0.3) is 0 Å². The van der Waals surface area contributed by atoms with Crippen molar-refractivity contribution in [3.05, 3.63) is 22.4 Å². The monoisotopic (exact) mass is 307 g/mol. The van der Waals surface area contributed by atoms with Crippen molar-refractivity contribution in [2.24, 2.45) is 5.41 Å². The number of rotatable bonds is 2. The smallest absolute Gasteiger partial charge is 0.264 e. The van der Waals surface area contributed by atoms with Crippen molar-refractivity contribution in [3.8, 4) is 0 Å². The number of carbonyl (C=O) groups is 2. The number of amides is 2. The van der Waals surface area contributed by atoms with E-state index in [1.165, 1.54) is 11.3 Å².